The van der Waals surface area contributed by atoms with Crippen molar-refractivity contribution in [2.75, 3.05) is 20.8 Å². The minimum Gasteiger partial charge on any atom is -0.493 e. The first-order chi connectivity index (χ1) is 15.9. The Bertz CT molecular complexity index is 1360. The largest absolute Gasteiger partial charge is 0.493 e. The van der Waals surface area contributed by atoms with Crippen molar-refractivity contribution in [1.82, 2.24) is 4.31 Å². The molecule has 7 nitrogen and oxygen atoms in total. The number of sulfonamides is 1. The number of carbonyl (C=O) groups excluding carboxylic acids is 2. The number of benzene rings is 3. The summed E-state index contributed by atoms with van der Waals surface area (Å²) in [5.41, 5.74) is -0.665. The van der Waals surface area contributed by atoms with E-state index in [1.807, 2.05) is 0 Å². The van der Waals surface area contributed by atoms with Crippen LogP contribution in [0.15, 0.2) is 71.6 Å². The normalized spacial score (nSPS) is 17.0. The lowest BCUT2D eigenvalue weighted by Crippen LogP contribution is -2.59. The first kappa shape index (κ1) is 21.4. The Kier molecular flexibility index (Phi) is 4.88. The van der Waals surface area contributed by atoms with Crippen molar-refractivity contribution >= 4 is 21.6 Å². The van der Waals surface area contributed by atoms with Gasteiger partial charge in [-0.2, -0.15) is 4.31 Å². The fourth-order valence-electron chi connectivity index (χ4n) is 4.85. The molecule has 0 radical (unpaired) electrons. The Morgan fingerprint density at radius 3 is 1.94 bits per heavy atom. The van der Waals surface area contributed by atoms with E-state index in [0.29, 0.717) is 29.0 Å². The van der Waals surface area contributed by atoms with Gasteiger partial charge in [-0.25, -0.2) is 8.42 Å². The summed E-state index contributed by atoms with van der Waals surface area (Å²) in [7, 11) is -1.25. The van der Waals surface area contributed by atoms with Gasteiger partial charge >= 0.3 is 0 Å². The maximum atomic E-state index is 14.0. The second-order valence-electron chi connectivity index (χ2n) is 7.92. The minimum atomic E-state index is -4.20. The van der Waals surface area contributed by atoms with Crippen molar-refractivity contribution in [2.24, 2.45) is 0 Å². The number of hydrogen-bond donors (Lipinski definition) is 0. The summed E-state index contributed by atoms with van der Waals surface area (Å²) in [6.07, 6.45) is 0.306. The van der Waals surface area contributed by atoms with Crippen LogP contribution in [0.3, 0.4) is 0 Å². The van der Waals surface area contributed by atoms with E-state index in [9.17, 15) is 18.0 Å². The van der Waals surface area contributed by atoms with E-state index < -0.39 is 27.1 Å². The number of rotatable bonds is 4. The molecule has 0 saturated carbocycles. The van der Waals surface area contributed by atoms with Gasteiger partial charge in [0.1, 0.15) is 0 Å². The molecule has 3 aromatic rings. The minimum absolute atomic E-state index is 0.0184. The molecule has 0 aromatic heterocycles. The first-order valence-corrected chi connectivity index (χ1v) is 11.8. The first-order valence-electron chi connectivity index (χ1n) is 10.4. The molecule has 0 atom stereocenters. The van der Waals surface area contributed by atoms with E-state index in [-0.39, 0.29) is 22.6 Å². The second kappa shape index (κ2) is 7.54. The van der Waals surface area contributed by atoms with Crippen LogP contribution < -0.4 is 9.47 Å². The predicted octanol–water partition coefficient (Wildman–Crippen LogP) is 3.23. The quantitative estimate of drug-likeness (QED) is 0.552. The highest BCUT2D eigenvalue weighted by Crippen LogP contribution is 2.50. The topological polar surface area (TPSA) is 90.0 Å². The van der Waals surface area contributed by atoms with E-state index >= 15 is 0 Å². The van der Waals surface area contributed by atoms with Gasteiger partial charge in [0, 0.05) is 17.7 Å². The van der Waals surface area contributed by atoms with Crippen molar-refractivity contribution in [1.29, 1.82) is 0 Å². The number of carbonyl (C=O) groups is 2. The molecular weight excluding hydrogens is 442 g/mol. The van der Waals surface area contributed by atoms with Crippen LogP contribution in [0.2, 0.25) is 0 Å². The Labute approximate surface area is 191 Å². The maximum absolute atomic E-state index is 14.0. The molecule has 0 amide bonds. The number of fused-ring (bicyclic) bond motifs is 3. The standard InChI is InChI=1S/C25H21NO6S/c1-31-21-14-16-12-13-26(33(29,30)17-8-4-3-5-9-17)25(20(16)15-22(21)32-2)23(27)18-10-6-7-11-19(18)24(25)28/h3-11,14-15H,12-13H2,1-2H3. The summed E-state index contributed by atoms with van der Waals surface area (Å²) in [5, 5.41) is 0. The highest BCUT2D eigenvalue weighted by Gasteiger charge is 2.63. The van der Waals surface area contributed by atoms with E-state index in [1.54, 1.807) is 54.6 Å². The molecule has 0 fully saturated rings. The average Bonchev–Trinajstić information content (AvgIpc) is 3.06. The Morgan fingerprint density at radius 2 is 1.36 bits per heavy atom. The van der Waals surface area contributed by atoms with Crippen LogP contribution in [-0.4, -0.2) is 45.1 Å². The fraction of sp³-hybridized carbons (Fsp3) is 0.200. The van der Waals surface area contributed by atoms with Gasteiger partial charge in [-0.1, -0.05) is 42.5 Å². The molecule has 33 heavy (non-hydrogen) atoms. The third kappa shape index (κ3) is 2.81. The monoisotopic (exact) mass is 463 g/mol. The van der Waals surface area contributed by atoms with Gasteiger partial charge in [0.05, 0.1) is 19.1 Å². The summed E-state index contributed by atoms with van der Waals surface area (Å²) < 4.78 is 39.6. The van der Waals surface area contributed by atoms with Gasteiger partial charge in [-0.15, -0.1) is 0 Å². The van der Waals surface area contributed by atoms with Crippen LogP contribution in [0, 0.1) is 0 Å². The zero-order valence-corrected chi connectivity index (χ0v) is 18.9. The van der Waals surface area contributed by atoms with Gasteiger partial charge in [0.25, 0.3) is 0 Å². The van der Waals surface area contributed by atoms with Crippen molar-refractivity contribution < 1.29 is 27.5 Å². The lowest BCUT2D eigenvalue weighted by Gasteiger charge is -2.42. The molecule has 1 aliphatic heterocycles. The van der Waals surface area contributed by atoms with Gasteiger partial charge in [-0.3, -0.25) is 9.59 Å². The summed E-state index contributed by atoms with van der Waals surface area (Å²) in [6, 6.07) is 17.6. The maximum Gasteiger partial charge on any atom is 0.244 e. The number of nitrogens with zero attached hydrogens (tertiary/aromatic N) is 1. The predicted molar refractivity (Wildman–Crippen MR) is 120 cm³/mol. The number of ether oxygens (including phenoxy) is 2. The van der Waals surface area contributed by atoms with Gasteiger partial charge in [0.15, 0.2) is 28.6 Å². The van der Waals surface area contributed by atoms with Crippen molar-refractivity contribution in [3.8, 4) is 11.5 Å². The van der Waals surface area contributed by atoms with Crippen LogP contribution in [0.25, 0.3) is 0 Å². The smallest absolute Gasteiger partial charge is 0.244 e. The van der Waals surface area contributed by atoms with Crippen molar-refractivity contribution in [3.63, 3.8) is 0 Å². The highest BCUT2D eigenvalue weighted by atomic mass is 32.2. The molecule has 0 unspecified atom stereocenters. The summed E-state index contributed by atoms with van der Waals surface area (Å²) >= 11 is 0. The van der Waals surface area contributed by atoms with Crippen LogP contribution in [0.4, 0.5) is 0 Å². The van der Waals surface area contributed by atoms with Crippen LogP contribution in [0.1, 0.15) is 31.8 Å². The molecule has 1 spiro atoms. The third-order valence-corrected chi connectivity index (χ3v) is 8.27. The Balaban J connectivity index is 1.84. The molecule has 1 heterocycles. The van der Waals surface area contributed by atoms with E-state index in [1.165, 1.54) is 26.4 Å². The molecule has 0 N–H and O–H groups in total. The molecule has 5 rings (SSSR count). The summed E-state index contributed by atoms with van der Waals surface area (Å²) in [5.74, 6) is -0.362. The van der Waals surface area contributed by atoms with E-state index in [0.717, 1.165) is 4.31 Å². The number of ketones is 2. The van der Waals surface area contributed by atoms with Crippen LogP contribution >= 0.6 is 0 Å². The lowest BCUT2D eigenvalue weighted by molar-refractivity contribution is 0.0623. The molecule has 3 aromatic carbocycles. The SMILES string of the molecule is COc1cc2c(cc1OC)C1(C(=O)c3ccccc3C1=O)N(S(=O)(=O)c1ccccc1)CC2. The number of hydrogen-bond acceptors (Lipinski definition) is 6. The molecule has 0 bridgehead atoms. The van der Waals surface area contributed by atoms with Gasteiger partial charge < -0.3 is 9.47 Å². The van der Waals surface area contributed by atoms with Gasteiger partial charge in [0.2, 0.25) is 10.0 Å². The number of methoxy groups -OCH3 is 2. The van der Waals surface area contributed by atoms with Crippen molar-refractivity contribution in [3.05, 3.63) is 89.0 Å². The molecule has 8 heteroatoms. The third-order valence-electron chi connectivity index (χ3n) is 6.36. The summed E-state index contributed by atoms with van der Waals surface area (Å²) in [6.45, 7) is -0.0365. The summed E-state index contributed by atoms with van der Waals surface area (Å²) in [4.78, 5) is 28.0. The highest BCUT2D eigenvalue weighted by molar-refractivity contribution is 7.89. The second-order valence-corrected chi connectivity index (χ2v) is 9.78. The van der Waals surface area contributed by atoms with E-state index in [2.05, 4.69) is 0 Å². The van der Waals surface area contributed by atoms with Gasteiger partial charge in [-0.05, 0) is 41.8 Å². The van der Waals surface area contributed by atoms with E-state index in [4.69, 9.17) is 9.47 Å². The molecule has 2 aliphatic rings. The zero-order valence-electron chi connectivity index (χ0n) is 18.1. The lowest BCUT2D eigenvalue weighted by atomic mass is 9.78. The number of Topliss-reactive ketones (excluding diaryl/α,β-unsaturated/α-hetero) is 2. The van der Waals surface area contributed by atoms with Crippen LogP contribution in [0.5, 0.6) is 11.5 Å². The zero-order chi connectivity index (χ0) is 23.4. The molecular formula is C25H21NO6S. The van der Waals surface area contributed by atoms with Crippen molar-refractivity contribution in [2.45, 2.75) is 16.9 Å². The fourth-order valence-corrected chi connectivity index (χ4v) is 6.56. The molecule has 1 aliphatic carbocycles. The Hall–Kier alpha value is -3.49. The Morgan fingerprint density at radius 1 is 0.818 bits per heavy atom. The molecule has 168 valence electrons. The average molecular weight is 464 g/mol. The van der Waals surface area contributed by atoms with Crippen LogP contribution in [-0.2, 0) is 22.0 Å². The molecule has 0 saturated heterocycles.